The van der Waals surface area contributed by atoms with Crippen LogP contribution in [0.3, 0.4) is 0 Å². The molecule has 23 heavy (non-hydrogen) atoms. The van der Waals surface area contributed by atoms with Crippen molar-refractivity contribution in [3.8, 4) is 17.3 Å². The molecule has 1 aliphatic rings. The number of nitrogens with two attached hydrogens (primary N) is 1. The average molecular weight is 313 g/mol. The zero-order valence-electron chi connectivity index (χ0n) is 12.4. The summed E-state index contributed by atoms with van der Waals surface area (Å²) in [6.07, 6.45) is 5.52. The Morgan fingerprint density at radius 1 is 1.17 bits per heavy atom. The molecule has 2 heterocycles. The molecule has 1 aliphatic carbocycles. The van der Waals surface area contributed by atoms with E-state index in [9.17, 15) is 4.39 Å². The lowest BCUT2D eigenvalue weighted by atomic mass is 9.99. The summed E-state index contributed by atoms with van der Waals surface area (Å²) in [4.78, 5) is 4.39. The van der Waals surface area contributed by atoms with E-state index in [1.165, 1.54) is 10.7 Å². The monoisotopic (exact) mass is 313 g/mol. The molecule has 0 aliphatic heterocycles. The van der Waals surface area contributed by atoms with Gasteiger partial charge >= 0.3 is 0 Å². The highest BCUT2D eigenvalue weighted by Gasteiger charge is 2.36. The van der Waals surface area contributed by atoms with Crippen molar-refractivity contribution in [3.05, 3.63) is 48.2 Å². The van der Waals surface area contributed by atoms with Crippen LogP contribution < -0.4 is 5.73 Å². The van der Waals surface area contributed by atoms with Gasteiger partial charge in [0.05, 0.1) is 5.54 Å². The van der Waals surface area contributed by atoms with Crippen LogP contribution in [0.5, 0.6) is 0 Å². The summed E-state index contributed by atoms with van der Waals surface area (Å²) in [5.41, 5.74) is 6.68. The number of hydrogen-bond donors (Lipinski definition) is 1. The smallest absolute Gasteiger partial charge is 0.278 e. The van der Waals surface area contributed by atoms with Gasteiger partial charge in [0.1, 0.15) is 11.5 Å². The lowest BCUT2D eigenvalue weighted by Gasteiger charge is -2.17. The highest BCUT2D eigenvalue weighted by atomic mass is 19.1. The topological polar surface area (TPSA) is 82.8 Å². The van der Waals surface area contributed by atoms with E-state index in [0.717, 1.165) is 25.7 Å². The van der Waals surface area contributed by atoms with Crippen LogP contribution in [-0.2, 0) is 5.54 Å². The van der Waals surface area contributed by atoms with Crippen LogP contribution >= 0.6 is 0 Å². The first-order valence-electron chi connectivity index (χ1n) is 7.60. The van der Waals surface area contributed by atoms with Gasteiger partial charge < -0.3 is 10.3 Å². The fourth-order valence-electron chi connectivity index (χ4n) is 2.97. The summed E-state index contributed by atoms with van der Waals surface area (Å²) in [6.45, 7) is 0. The first-order chi connectivity index (χ1) is 11.2. The van der Waals surface area contributed by atoms with Crippen LogP contribution in [-0.4, -0.2) is 19.9 Å². The fraction of sp³-hybridized carbons (Fsp3) is 0.312. The molecule has 6 nitrogen and oxygen atoms in total. The quantitative estimate of drug-likeness (QED) is 0.804. The van der Waals surface area contributed by atoms with Gasteiger partial charge in [0.2, 0.25) is 0 Å². The molecule has 0 spiro atoms. The zero-order valence-corrected chi connectivity index (χ0v) is 12.4. The third-order valence-electron chi connectivity index (χ3n) is 4.27. The highest BCUT2D eigenvalue weighted by Crippen LogP contribution is 2.35. The molecule has 7 heteroatoms. The van der Waals surface area contributed by atoms with Gasteiger partial charge in [-0.2, -0.15) is 10.1 Å². The number of rotatable bonds is 3. The molecular formula is C16H16FN5O. The Bertz CT molecular complexity index is 834. The molecule has 4 rings (SSSR count). The Balaban J connectivity index is 1.65. The maximum absolute atomic E-state index is 13.8. The van der Waals surface area contributed by atoms with Crippen molar-refractivity contribution in [1.82, 2.24) is 19.9 Å². The largest absolute Gasteiger partial charge is 0.332 e. The predicted octanol–water partition coefficient (Wildman–Crippen LogP) is 2.79. The van der Waals surface area contributed by atoms with Gasteiger partial charge in [0.15, 0.2) is 11.5 Å². The number of nitrogens with zero attached hydrogens (tertiary/aromatic N) is 4. The standard InChI is InChI=1S/C16H16FN5O/c17-11-5-1-2-6-13(11)22-10-7-12(20-22)14-19-15(21-23-14)16(18)8-3-4-9-16/h1-2,5-7,10H,3-4,8-9,18H2. The second kappa shape index (κ2) is 5.27. The molecule has 0 amide bonds. The fourth-order valence-corrected chi connectivity index (χ4v) is 2.97. The molecule has 0 bridgehead atoms. The Hall–Kier alpha value is -2.54. The zero-order chi connectivity index (χ0) is 15.9. The summed E-state index contributed by atoms with van der Waals surface area (Å²) in [5, 5.41) is 8.33. The highest BCUT2D eigenvalue weighted by molar-refractivity contribution is 5.47. The molecule has 2 N–H and O–H groups in total. The van der Waals surface area contributed by atoms with Crippen LogP contribution in [0, 0.1) is 5.82 Å². The Morgan fingerprint density at radius 2 is 1.96 bits per heavy atom. The maximum Gasteiger partial charge on any atom is 0.278 e. The third-order valence-corrected chi connectivity index (χ3v) is 4.27. The van der Waals surface area contributed by atoms with Crippen molar-refractivity contribution in [1.29, 1.82) is 0 Å². The van der Waals surface area contributed by atoms with E-state index in [1.807, 2.05) is 0 Å². The van der Waals surface area contributed by atoms with E-state index in [1.54, 1.807) is 30.5 Å². The third kappa shape index (κ3) is 2.43. The first-order valence-corrected chi connectivity index (χ1v) is 7.60. The molecule has 2 aromatic heterocycles. The first kappa shape index (κ1) is 14.1. The van der Waals surface area contributed by atoms with Gasteiger partial charge in [-0.3, -0.25) is 0 Å². The van der Waals surface area contributed by atoms with Gasteiger partial charge in [0.25, 0.3) is 5.89 Å². The number of aromatic nitrogens is 4. The summed E-state index contributed by atoms with van der Waals surface area (Å²) >= 11 is 0. The van der Waals surface area contributed by atoms with Crippen LogP contribution in [0.2, 0.25) is 0 Å². The molecule has 0 unspecified atom stereocenters. The van der Waals surface area contributed by atoms with Gasteiger partial charge in [-0.05, 0) is 31.0 Å². The number of para-hydroxylation sites is 1. The van der Waals surface area contributed by atoms with E-state index >= 15 is 0 Å². The van der Waals surface area contributed by atoms with E-state index in [2.05, 4.69) is 15.2 Å². The predicted molar refractivity (Wildman–Crippen MR) is 81.1 cm³/mol. The second-order valence-corrected chi connectivity index (χ2v) is 5.88. The van der Waals surface area contributed by atoms with Gasteiger partial charge in [-0.25, -0.2) is 9.07 Å². The minimum absolute atomic E-state index is 0.298. The maximum atomic E-state index is 13.8. The molecule has 1 fully saturated rings. The van der Waals surface area contributed by atoms with Gasteiger partial charge in [-0.1, -0.05) is 30.1 Å². The molecule has 118 valence electrons. The molecule has 1 aromatic carbocycles. The van der Waals surface area contributed by atoms with Crippen molar-refractivity contribution >= 4 is 0 Å². The summed E-state index contributed by atoms with van der Waals surface area (Å²) in [6, 6.07) is 8.14. The van der Waals surface area contributed by atoms with Crippen LogP contribution in [0.25, 0.3) is 17.3 Å². The second-order valence-electron chi connectivity index (χ2n) is 5.88. The van der Waals surface area contributed by atoms with Gasteiger partial charge in [-0.15, -0.1) is 0 Å². The SMILES string of the molecule is NC1(c2noc(-c3ccn(-c4ccccc4F)n3)n2)CCCC1. The van der Waals surface area contributed by atoms with Crippen molar-refractivity contribution in [2.24, 2.45) is 5.73 Å². The summed E-state index contributed by atoms with van der Waals surface area (Å²) in [7, 11) is 0. The number of halogens is 1. The molecule has 1 saturated carbocycles. The molecule has 0 atom stereocenters. The van der Waals surface area contributed by atoms with Crippen molar-refractivity contribution in [2.45, 2.75) is 31.2 Å². The van der Waals surface area contributed by atoms with Crippen LogP contribution in [0.1, 0.15) is 31.5 Å². The molecule has 0 saturated heterocycles. The molecule has 0 radical (unpaired) electrons. The summed E-state index contributed by atoms with van der Waals surface area (Å²) in [5.74, 6) is 0.470. The minimum Gasteiger partial charge on any atom is -0.332 e. The Kier molecular flexibility index (Phi) is 3.23. The van der Waals surface area contributed by atoms with Crippen molar-refractivity contribution in [3.63, 3.8) is 0 Å². The number of hydrogen-bond acceptors (Lipinski definition) is 5. The Labute approximate surface area is 132 Å². The van der Waals surface area contributed by atoms with E-state index in [4.69, 9.17) is 10.3 Å². The van der Waals surface area contributed by atoms with Crippen LogP contribution in [0.15, 0.2) is 41.1 Å². The normalized spacial score (nSPS) is 16.8. The van der Waals surface area contributed by atoms with Crippen LogP contribution in [0.4, 0.5) is 4.39 Å². The van der Waals surface area contributed by atoms with Crippen molar-refractivity contribution < 1.29 is 8.91 Å². The number of benzene rings is 1. The van der Waals surface area contributed by atoms with Crippen molar-refractivity contribution in [2.75, 3.05) is 0 Å². The molecule has 3 aromatic rings. The lowest BCUT2D eigenvalue weighted by molar-refractivity contribution is 0.372. The van der Waals surface area contributed by atoms with E-state index in [-0.39, 0.29) is 5.82 Å². The molecular weight excluding hydrogens is 297 g/mol. The van der Waals surface area contributed by atoms with Gasteiger partial charge in [0, 0.05) is 6.20 Å². The minimum atomic E-state index is -0.504. The Morgan fingerprint density at radius 3 is 2.74 bits per heavy atom. The van der Waals surface area contributed by atoms with E-state index in [0.29, 0.717) is 23.1 Å². The average Bonchev–Trinajstić information content (AvgIpc) is 3.27. The summed E-state index contributed by atoms with van der Waals surface area (Å²) < 4.78 is 20.6. The lowest BCUT2D eigenvalue weighted by Crippen LogP contribution is -2.34. The van der Waals surface area contributed by atoms with E-state index < -0.39 is 5.54 Å².